The van der Waals surface area contributed by atoms with Crippen molar-refractivity contribution in [2.24, 2.45) is 0 Å². The fourth-order valence-electron chi connectivity index (χ4n) is 1.76. The molecule has 9 nitrogen and oxygen atoms in total. The molecule has 0 saturated carbocycles. The summed E-state index contributed by atoms with van der Waals surface area (Å²) in [6.45, 7) is 3.54. The molecule has 1 N–H and O–H groups in total. The number of rotatable bonds is 10. The Morgan fingerprint density at radius 1 is 1.09 bits per heavy atom. The van der Waals surface area contributed by atoms with Crippen LogP contribution in [0.1, 0.15) is 36.5 Å². The lowest BCUT2D eigenvalue weighted by Gasteiger charge is -2.06. The van der Waals surface area contributed by atoms with E-state index in [4.69, 9.17) is 4.74 Å². The van der Waals surface area contributed by atoms with Gasteiger partial charge in [0.25, 0.3) is 17.3 Å². The highest BCUT2D eigenvalue weighted by atomic mass is 16.6. The Balaban J connectivity index is 2.58. The molecule has 23 heavy (non-hydrogen) atoms. The molecule has 0 bridgehead atoms. The van der Waals surface area contributed by atoms with Crippen LogP contribution in [0.4, 0.5) is 11.4 Å². The van der Waals surface area contributed by atoms with Crippen molar-refractivity contribution in [1.82, 2.24) is 5.32 Å². The summed E-state index contributed by atoms with van der Waals surface area (Å²) in [7, 11) is 0. The number of hydrogen-bond acceptors (Lipinski definition) is 6. The van der Waals surface area contributed by atoms with Crippen LogP contribution in [0, 0.1) is 20.2 Å². The molecule has 0 aliphatic rings. The summed E-state index contributed by atoms with van der Waals surface area (Å²) < 4.78 is 5.33. The minimum absolute atomic E-state index is 0.113. The number of benzene rings is 1. The van der Waals surface area contributed by atoms with Crippen molar-refractivity contribution < 1.29 is 19.4 Å². The van der Waals surface area contributed by atoms with Crippen LogP contribution in [0.3, 0.4) is 0 Å². The third-order valence-corrected chi connectivity index (χ3v) is 2.98. The normalized spacial score (nSPS) is 10.3. The molecule has 9 heteroatoms. The van der Waals surface area contributed by atoms with Gasteiger partial charge < -0.3 is 10.1 Å². The average Bonchev–Trinajstić information content (AvgIpc) is 2.53. The molecule has 126 valence electrons. The quantitative estimate of drug-likeness (QED) is 0.400. The first-order valence-electron chi connectivity index (χ1n) is 7.25. The maximum atomic E-state index is 11.9. The van der Waals surface area contributed by atoms with Gasteiger partial charge in [-0.15, -0.1) is 0 Å². The second kappa shape index (κ2) is 9.46. The first-order chi connectivity index (χ1) is 11.0. The Labute approximate surface area is 132 Å². The van der Waals surface area contributed by atoms with Crippen molar-refractivity contribution in [3.8, 4) is 0 Å². The third kappa shape index (κ3) is 6.39. The second-order valence-electron chi connectivity index (χ2n) is 4.83. The van der Waals surface area contributed by atoms with E-state index in [2.05, 4.69) is 12.2 Å². The number of amides is 1. The van der Waals surface area contributed by atoms with E-state index in [9.17, 15) is 25.0 Å². The van der Waals surface area contributed by atoms with E-state index < -0.39 is 27.1 Å². The highest BCUT2D eigenvalue weighted by Crippen LogP contribution is 2.22. The number of ether oxygens (including phenoxy) is 1. The lowest BCUT2D eigenvalue weighted by Crippen LogP contribution is -2.25. The maximum Gasteiger partial charge on any atom is 0.277 e. The van der Waals surface area contributed by atoms with E-state index in [1.54, 1.807) is 0 Å². The fraction of sp³-hybridized carbons (Fsp3) is 0.500. The van der Waals surface area contributed by atoms with Gasteiger partial charge in [-0.2, -0.15) is 0 Å². The number of nitrogens with zero attached hydrogens (tertiary/aromatic N) is 2. The summed E-state index contributed by atoms with van der Waals surface area (Å²) in [5.74, 6) is -0.592. The van der Waals surface area contributed by atoms with Crippen LogP contribution in [0.2, 0.25) is 0 Å². The second-order valence-corrected chi connectivity index (χ2v) is 4.83. The lowest BCUT2D eigenvalue weighted by atomic mass is 10.1. The van der Waals surface area contributed by atoms with Crippen molar-refractivity contribution in [3.63, 3.8) is 0 Å². The van der Waals surface area contributed by atoms with Crippen LogP contribution in [0.5, 0.6) is 0 Å². The monoisotopic (exact) mass is 325 g/mol. The zero-order valence-electron chi connectivity index (χ0n) is 12.8. The molecule has 0 saturated heterocycles. The van der Waals surface area contributed by atoms with E-state index in [0.29, 0.717) is 26.2 Å². The average molecular weight is 325 g/mol. The van der Waals surface area contributed by atoms with Gasteiger partial charge in [0.05, 0.1) is 21.5 Å². The molecule has 0 atom stereocenters. The molecule has 0 aliphatic carbocycles. The van der Waals surface area contributed by atoms with E-state index in [-0.39, 0.29) is 5.56 Å². The molecule has 0 aromatic heterocycles. The van der Waals surface area contributed by atoms with Crippen LogP contribution in [-0.2, 0) is 4.74 Å². The number of non-ortho nitro benzene ring substituents is 2. The summed E-state index contributed by atoms with van der Waals surface area (Å²) in [6.07, 6.45) is 2.61. The van der Waals surface area contributed by atoms with Crippen molar-refractivity contribution in [1.29, 1.82) is 0 Å². The highest BCUT2D eigenvalue weighted by molar-refractivity contribution is 5.95. The summed E-state index contributed by atoms with van der Waals surface area (Å²) in [5, 5.41) is 24.1. The van der Waals surface area contributed by atoms with Gasteiger partial charge in [0.1, 0.15) is 0 Å². The van der Waals surface area contributed by atoms with Crippen LogP contribution in [0.25, 0.3) is 0 Å². The number of carbonyl (C=O) groups is 1. The van der Waals surface area contributed by atoms with E-state index in [1.165, 1.54) is 0 Å². The molecule has 1 aromatic carbocycles. The minimum atomic E-state index is -0.772. The standard InChI is InChI=1S/C14H19N3O6/c1-2-3-6-23-7-4-5-15-14(18)11-8-12(16(19)20)10-13(9-11)17(21)22/h8-10H,2-7H2,1H3,(H,15,18). The summed E-state index contributed by atoms with van der Waals surface area (Å²) in [4.78, 5) is 31.9. The highest BCUT2D eigenvalue weighted by Gasteiger charge is 2.19. The Hall–Kier alpha value is -2.55. The van der Waals surface area contributed by atoms with Gasteiger partial charge >= 0.3 is 0 Å². The summed E-state index contributed by atoms with van der Waals surface area (Å²) in [6, 6.07) is 2.85. The Kier molecular flexibility index (Phi) is 7.61. The lowest BCUT2D eigenvalue weighted by molar-refractivity contribution is -0.394. The Morgan fingerprint density at radius 3 is 2.17 bits per heavy atom. The van der Waals surface area contributed by atoms with Gasteiger partial charge in [-0.1, -0.05) is 13.3 Å². The molecule has 0 fully saturated rings. The van der Waals surface area contributed by atoms with E-state index in [0.717, 1.165) is 31.0 Å². The van der Waals surface area contributed by atoms with E-state index >= 15 is 0 Å². The van der Waals surface area contributed by atoms with Crippen molar-refractivity contribution in [2.75, 3.05) is 19.8 Å². The zero-order chi connectivity index (χ0) is 17.2. The molecule has 1 aromatic rings. The molecule has 0 aliphatic heterocycles. The number of unbranched alkanes of at least 4 members (excludes halogenated alkanes) is 1. The molecule has 1 rings (SSSR count). The van der Waals surface area contributed by atoms with Gasteiger partial charge in [-0.05, 0) is 12.8 Å². The molecule has 1 amide bonds. The van der Waals surface area contributed by atoms with Crippen molar-refractivity contribution in [3.05, 3.63) is 44.0 Å². The number of nitrogens with one attached hydrogen (secondary N) is 1. The number of nitro benzene ring substituents is 2. The maximum absolute atomic E-state index is 11.9. The minimum Gasteiger partial charge on any atom is -0.381 e. The summed E-state index contributed by atoms with van der Waals surface area (Å²) >= 11 is 0. The van der Waals surface area contributed by atoms with Crippen molar-refractivity contribution in [2.45, 2.75) is 26.2 Å². The fourth-order valence-corrected chi connectivity index (χ4v) is 1.76. The predicted octanol–water partition coefficient (Wildman–Crippen LogP) is 2.44. The van der Waals surface area contributed by atoms with Crippen LogP contribution in [0.15, 0.2) is 18.2 Å². The molecule has 0 radical (unpaired) electrons. The van der Waals surface area contributed by atoms with E-state index in [1.807, 2.05) is 0 Å². The smallest absolute Gasteiger partial charge is 0.277 e. The molecular formula is C14H19N3O6. The number of hydrogen-bond donors (Lipinski definition) is 1. The largest absolute Gasteiger partial charge is 0.381 e. The van der Waals surface area contributed by atoms with Gasteiger partial charge in [0.2, 0.25) is 0 Å². The van der Waals surface area contributed by atoms with Crippen molar-refractivity contribution >= 4 is 17.3 Å². The Morgan fingerprint density at radius 2 is 1.65 bits per heavy atom. The van der Waals surface area contributed by atoms with Crippen LogP contribution >= 0.6 is 0 Å². The zero-order valence-corrected chi connectivity index (χ0v) is 12.8. The number of nitro groups is 2. The molecular weight excluding hydrogens is 306 g/mol. The van der Waals surface area contributed by atoms with Gasteiger partial charge in [-0.25, -0.2) is 0 Å². The van der Waals surface area contributed by atoms with Gasteiger partial charge in [0.15, 0.2) is 0 Å². The van der Waals surface area contributed by atoms with Gasteiger partial charge in [0, 0.05) is 31.9 Å². The first-order valence-corrected chi connectivity index (χ1v) is 7.25. The molecule has 0 unspecified atom stereocenters. The van der Waals surface area contributed by atoms with Crippen LogP contribution < -0.4 is 5.32 Å². The summed E-state index contributed by atoms with van der Waals surface area (Å²) in [5.41, 5.74) is -1.10. The predicted molar refractivity (Wildman–Crippen MR) is 82.4 cm³/mol. The third-order valence-electron chi connectivity index (χ3n) is 2.98. The van der Waals surface area contributed by atoms with Crippen LogP contribution in [-0.4, -0.2) is 35.5 Å². The molecule has 0 spiro atoms. The Bertz CT molecular complexity index is 543. The number of carbonyl (C=O) groups excluding carboxylic acids is 1. The SMILES string of the molecule is CCCCOCCCNC(=O)c1cc([N+](=O)[O-])cc([N+](=O)[O-])c1. The topological polar surface area (TPSA) is 125 Å². The first kappa shape index (κ1) is 18.5. The van der Waals surface area contributed by atoms with Gasteiger partial charge in [-0.3, -0.25) is 25.0 Å². The molecule has 0 heterocycles.